The van der Waals surface area contributed by atoms with Crippen molar-refractivity contribution in [3.8, 4) is 6.19 Å². The van der Waals surface area contributed by atoms with E-state index in [0.29, 0.717) is 13.1 Å². The number of aliphatic imine (C=N–C) groups is 1. The third-order valence-corrected chi connectivity index (χ3v) is 2.39. The topological polar surface area (TPSA) is 59.7 Å². The molecule has 1 amide bonds. The van der Waals surface area contributed by atoms with Gasteiger partial charge in [0.1, 0.15) is 5.84 Å². The summed E-state index contributed by atoms with van der Waals surface area (Å²) in [6, 6.07) is 0. The van der Waals surface area contributed by atoms with Crippen LogP contribution < -0.4 is 0 Å². The summed E-state index contributed by atoms with van der Waals surface area (Å²) in [6.45, 7) is 6.34. The third-order valence-electron chi connectivity index (χ3n) is 2.39. The first kappa shape index (κ1) is 10.5. The Labute approximate surface area is 83.6 Å². The second-order valence-electron chi connectivity index (χ2n) is 3.25. The van der Waals surface area contributed by atoms with Crippen molar-refractivity contribution in [3.63, 3.8) is 0 Å². The molecule has 5 heteroatoms. The number of carbonyl (C=O) groups is 1. The SMILES string of the molecule is CC(=O)N1CCN(/C(C)=N\C#N)CC1. The molecule has 0 atom stereocenters. The molecule has 0 unspecified atom stereocenters. The van der Waals surface area contributed by atoms with Crippen LogP contribution in [-0.2, 0) is 4.79 Å². The van der Waals surface area contributed by atoms with Gasteiger partial charge in [-0.05, 0) is 6.92 Å². The number of hydrogen-bond donors (Lipinski definition) is 0. The van der Waals surface area contributed by atoms with Crippen LogP contribution >= 0.6 is 0 Å². The van der Waals surface area contributed by atoms with E-state index in [1.165, 1.54) is 0 Å². The predicted molar refractivity (Wildman–Crippen MR) is 52.5 cm³/mol. The van der Waals surface area contributed by atoms with Crippen LogP contribution in [0.4, 0.5) is 0 Å². The Morgan fingerprint density at radius 3 is 2.14 bits per heavy atom. The molecule has 0 saturated carbocycles. The second kappa shape index (κ2) is 4.61. The molecular weight excluding hydrogens is 180 g/mol. The van der Waals surface area contributed by atoms with Gasteiger partial charge in [0.05, 0.1) is 0 Å². The van der Waals surface area contributed by atoms with Crippen LogP contribution in [0.2, 0.25) is 0 Å². The second-order valence-corrected chi connectivity index (χ2v) is 3.25. The Balaban J connectivity index is 2.48. The van der Waals surface area contributed by atoms with Gasteiger partial charge in [0.25, 0.3) is 0 Å². The molecule has 5 nitrogen and oxygen atoms in total. The van der Waals surface area contributed by atoms with Crippen molar-refractivity contribution >= 4 is 11.7 Å². The van der Waals surface area contributed by atoms with E-state index in [0.717, 1.165) is 18.9 Å². The highest BCUT2D eigenvalue weighted by Crippen LogP contribution is 2.02. The number of amidine groups is 1. The zero-order valence-electron chi connectivity index (χ0n) is 8.53. The zero-order chi connectivity index (χ0) is 10.6. The highest BCUT2D eigenvalue weighted by atomic mass is 16.2. The maximum atomic E-state index is 11.0. The molecule has 1 saturated heterocycles. The number of hydrogen-bond acceptors (Lipinski definition) is 3. The van der Waals surface area contributed by atoms with Gasteiger partial charge in [0.2, 0.25) is 12.1 Å². The minimum Gasteiger partial charge on any atom is -0.356 e. The predicted octanol–water partition coefficient (Wildman–Crippen LogP) is 0.0500. The largest absolute Gasteiger partial charge is 0.356 e. The lowest BCUT2D eigenvalue weighted by atomic mass is 10.3. The monoisotopic (exact) mass is 194 g/mol. The Hall–Kier alpha value is -1.57. The smallest absolute Gasteiger partial charge is 0.219 e. The minimum absolute atomic E-state index is 0.111. The van der Waals surface area contributed by atoms with Crippen molar-refractivity contribution in [2.45, 2.75) is 13.8 Å². The van der Waals surface area contributed by atoms with E-state index in [-0.39, 0.29) is 5.91 Å². The maximum Gasteiger partial charge on any atom is 0.219 e. The Bertz CT molecular complexity index is 284. The molecule has 1 heterocycles. The normalized spacial score (nSPS) is 17.9. The Morgan fingerprint density at radius 1 is 1.21 bits per heavy atom. The van der Waals surface area contributed by atoms with Gasteiger partial charge in [0.15, 0.2) is 0 Å². The van der Waals surface area contributed by atoms with Gasteiger partial charge in [-0.2, -0.15) is 10.3 Å². The number of nitrogens with zero attached hydrogens (tertiary/aromatic N) is 4. The van der Waals surface area contributed by atoms with E-state index in [2.05, 4.69) is 4.99 Å². The molecular formula is C9H14N4O. The molecule has 76 valence electrons. The molecule has 0 aromatic heterocycles. The lowest BCUT2D eigenvalue weighted by Gasteiger charge is -2.34. The number of rotatable bonds is 0. The van der Waals surface area contributed by atoms with E-state index >= 15 is 0 Å². The average molecular weight is 194 g/mol. The highest BCUT2D eigenvalue weighted by Gasteiger charge is 2.18. The number of nitriles is 1. The van der Waals surface area contributed by atoms with Crippen molar-refractivity contribution in [2.24, 2.45) is 4.99 Å². The Morgan fingerprint density at radius 2 is 1.71 bits per heavy atom. The van der Waals surface area contributed by atoms with Crippen LogP contribution in [0.25, 0.3) is 0 Å². The van der Waals surface area contributed by atoms with Crippen molar-refractivity contribution in [1.29, 1.82) is 5.26 Å². The van der Waals surface area contributed by atoms with Crippen molar-refractivity contribution in [2.75, 3.05) is 26.2 Å². The molecule has 1 rings (SSSR count). The minimum atomic E-state index is 0.111. The molecule has 0 radical (unpaired) electrons. The maximum absolute atomic E-state index is 11.0. The quantitative estimate of drug-likeness (QED) is 0.311. The van der Waals surface area contributed by atoms with E-state index in [1.807, 2.05) is 11.8 Å². The standard InChI is InChI=1S/C9H14N4O/c1-8(11-7-10)12-3-5-13(6-4-12)9(2)14/h3-6H2,1-2H3/b11-8-. The summed E-state index contributed by atoms with van der Waals surface area (Å²) in [4.78, 5) is 18.5. The molecule has 0 aromatic carbocycles. The molecule has 0 N–H and O–H groups in total. The highest BCUT2D eigenvalue weighted by molar-refractivity contribution is 5.81. The first-order valence-electron chi connectivity index (χ1n) is 4.59. The van der Waals surface area contributed by atoms with Crippen LogP contribution in [-0.4, -0.2) is 47.7 Å². The van der Waals surface area contributed by atoms with E-state index in [4.69, 9.17) is 5.26 Å². The summed E-state index contributed by atoms with van der Waals surface area (Å²) in [5.74, 6) is 0.843. The van der Waals surface area contributed by atoms with Crippen LogP contribution in [0.3, 0.4) is 0 Å². The Kier molecular flexibility index (Phi) is 3.46. The molecule has 1 fully saturated rings. The van der Waals surface area contributed by atoms with Gasteiger partial charge < -0.3 is 9.80 Å². The molecule has 0 bridgehead atoms. The molecule has 0 spiro atoms. The summed E-state index contributed by atoms with van der Waals surface area (Å²) >= 11 is 0. The van der Waals surface area contributed by atoms with E-state index in [1.54, 1.807) is 18.0 Å². The first-order valence-corrected chi connectivity index (χ1v) is 4.59. The summed E-state index contributed by atoms with van der Waals surface area (Å²) in [7, 11) is 0. The van der Waals surface area contributed by atoms with Crippen molar-refractivity contribution < 1.29 is 4.79 Å². The van der Waals surface area contributed by atoms with Crippen LogP contribution in [0.5, 0.6) is 0 Å². The van der Waals surface area contributed by atoms with Crippen molar-refractivity contribution in [3.05, 3.63) is 0 Å². The zero-order valence-corrected chi connectivity index (χ0v) is 8.53. The molecule has 1 aliphatic heterocycles. The van der Waals surface area contributed by atoms with Crippen LogP contribution in [0.15, 0.2) is 4.99 Å². The van der Waals surface area contributed by atoms with Gasteiger partial charge in [-0.3, -0.25) is 4.79 Å². The van der Waals surface area contributed by atoms with E-state index in [9.17, 15) is 4.79 Å². The lowest BCUT2D eigenvalue weighted by molar-refractivity contribution is -0.130. The number of amides is 1. The summed E-state index contributed by atoms with van der Waals surface area (Å²) in [6.07, 6.45) is 1.76. The fraction of sp³-hybridized carbons (Fsp3) is 0.667. The fourth-order valence-electron chi connectivity index (χ4n) is 1.49. The number of carbonyl (C=O) groups excluding carboxylic acids is 1. The summed E-state index contributed by atoms with van der Waals surface area (Å²) < 4.78 is 0. The van der Waals surface area contributed by atoms with Gasteiger partial charge in [-0.1, -0.05) is 0 Å². The molecule has 0 aliphatic carbocycles. The van der Waals surface area contributed by atoms with Crippen molar-refractivity contribution in [1.82, 2.24) is 9.80 Å². The van der Waals surface area contributed by atoms with Crippen LogP contribution in [0.1, 0.15) is 13.8 Å². The van der Waals surface area contributed by atoms with Gasteiger partial charge in [0, 0.05) is 33.1 Å². The van der Waals surface area contributed by atoms with E-state index < -0.39 is 0 Å². The summed E-state index contributed by atoms with van der Waals surface area (Å²) in [5, 5.41) is 8.38. The fourth-order valence-corrected chi connectivity index (χ4v) is 1.49. The van der Waals surface area contributed by atoms with Gasteiger partial charge in [-0.25, -0.2) is 0 Å². The lowest BCUT2D eigenvalue weighted by Crippen LogP contribution is -2.49. The molecule has 14 heavy (non-hydrogen) atoms. The van der Waals surface area contributed by atoms with Gasteiger partial charge >= 0.3 is 0 Å². The van der Waals surface area contributed by atoms with Gasteiger partial charge in [-0.15, -0.1) is 0 Å². The summed E-state index contributed by atoms with van der Waals surface area (Å²) in [5.41, 5.74) is 0. The molecule has 1 aliphatic rings. The molecule has 0 aromatic rings. The average Bonchev–Trinajstić information content (AvgIpc) is 2.18. The third kappa shape index (κ3) is 2.46. The van der Waals surface area contributed by atoms with Crippen LogP contribution in [0, 0.1) is 11.5 Å². The first-order chi connectivity index (χ1) is 6.65. The number of piperazine rings is 1.